The molecule has 3 aromatic rings. The summed E-state index contributed by atoms with van der Waals surface area (Å²) < 4.78 is 5.16. The summed E-state index contributed by atoms with van der Waals surface area (Å²) in [5, 5.41) is 0. The Hall–Kier alpha value is -2.95. The van der Waals surface area contributed by atoms with Crippen molar-refractivity contribution in [2.75, 3.05) is 12.8 Å². The van der Waals surface area contributed by atoms with Crippen molar-refractivity contribution in [2.24, 2.45) is 0 Å². The van der Waals surface area contributed by atoms with Crippen molar-refractivity contribution in [1.82, 2.24) is 15.0 Å². The Bertz CT molecular complexity index is 742. The number of pyridine rings is 1. The van der Waals surface area contributed by atoms with Crippen LogP contribution < -0.4 is 10.5 Å². The van der Waals surface area contributed by atoms with Gasteiger partial charge in [0.05, 0.1) is 18.5 Å². The fraction of sp³-hybridized carbons (Fsp3) is 0.0625. The average Bonchev–Trinajstić information content (AvgIpc) is 2.55. The van der Waals surface area contributed by atoms with Crippen LogP contribution in [-0.2, 0) is 0 Å². The van der Waals surface area contributed by atoms with Gasteiger partial charge in [-0.25, -0.2) is 9.97 Å². The molecule has 104 valence electrons. The lowest BCUT2D eigenvalue weighted by molar-refractivity contribution is 0.415. The van der Waals surface area contributed by atoms with Crippen molar-refractivity contribution in [3.8, 4) is 28.3 Å². The minimum absolute atomic E-state index is 0.238. The number of hydrogen-bond acceptors (Lipinski definition) is 5. The van der Waals surface area contributed by atoms with Crippen LogP contribution in [0.1, 0.15) is 0 Å². The molecule has 0 aliphatic heterocycles. The first-order valence-corrected chi connectivity index (χ1v) is 6.45. The Balaban J connectivity index is 2.05. The minimum atomic E-state index is 0.238. The summed E-state index contributed by atoms with van der Waals surface area (Å²) in [6.07, 6.45) is 3.47. The molecule has 0 atom stereocenters. The van der Waals surface area contributed by atoms with Crippen LogP contribution in [0.5, 0.6) is 5.75 Å². The summed E-state index contributed by atoms with van der Waals surface area (Å²) in [7, 11) is 1.64. The molecule has 0 amide bonds. The highest BCUT2D eigenvalue weighted by Crippen LogP contribution is 2.25. The van der Waals surface area contributed by atoms with Crippen LogP contribution in [0, 0.1) is 0 Å². The molecule has 2 N–H and O–H groups in total. The predicted molar refractivity (Wildman–Crippen MR) is 81.7 cm³/mol. The summed E-state index contributed by atoms with van der Waals surface area (Å²) in [4.78, 5) is 12.7. The molecule has 5 heteroatoms. The van der Waals surface area contributed by atoms with Crippen LogP contribution in [-0.4, -0.2) is 22.1 Å². The van der Waals surface area contributed by atoms with E-state index in [9.17, 15) is 0 Å². The van der Waals surface area contributed by atoms with Gasteiger partial charge in [-0.05, 0) is 42.5 Å². The molecule has 0 radical (unpaired) electrons. The Kier molecular flexibility index (Phi) is 3.47. The molecule has 0 unspecified atom stereocenters. The quantitative estimate of drug-likeness (QED) is 0.797. The van der Waals surface area contributed by atoms with Crippen LogP contribution >= 0.6 is 0 Å². The predicted octanol–water partition coefficient (Wildman–Crippen LogP) is 2.80. The Morgan fingerprint density at radius 2 is 1.67 bits per heavy atom. The zero-order valence-electron chi connectivity index (χ0n) is 11.5. The maximum atomic E-state index is 5.82. The highest BCUT2D eigenvalue weighted by molar-refractivity contribution is 5.69. The third-order valence-electron chi connectivity index (χ3n) is 3.09. The average molecular weight is 278 g/mol. The second-order valence-corrected chi connectivity index (χ2v) is 4.47. The second kappa shape index (κ2) is 5.58. The Morgan fingerprint density at radius 1 is 0.952 bits per heavy atom. The van der Waals surface area contributed by atoms with E-state index >= 15 is 0 Å². The first-order chi connectivity index (χ1) is 10.3. The third kappa shape index (κ3) is 2.81. The Labute approximate surface area is 122 Å². The molecule has 5 nitrogen and oxygen atoms in total. The van der Waals surface area contributed by atoms with Crippen LogP contribution in [0.3, 0.4) is 0 Å². The van der Waals surface area contributed by atoms with Crippen molar-refractivity contribution in [3.63, 3.8) is 0 Å². The summed E-state index contributed by atoms with van der Waals surface area (Å²) in [6.45, 7) is 0. The van der Waals surface area contributed by atoms with Gasteiger partial charge < -0.3 is 10.5 Å². The molecular formula is C16H14N4O. The van der Waals surface area contributed by atoms with E-state index in [1.54, 1.807) is 19.5 Å². The van der Waals surface area contributed by atoms with Crippen LogP contribution in [0.4, 0.5) is 5.95 Å². The van der Waals surface area contributed by atoms with Crippen LogP contribution in [0.2, 0.25) is 0 Å². The summed E-state index contributed by atoms with van der Waals surface area (Å²) in [6, 6.07) is 13.3. The van der Waals surface area contributed by atoms with E-state index in [-0.39, 0.29) is 5.95 Å². The third-order valence-corrected chi connectivity index (χ3v) is 3.09. The van der Waals surface area contributed by atoms with Gasteiger partial charge in [-0.3, -0.25) is 4.98 Å². The topological polar surface area (TPSA) is 73.9 Å². The number of hydrogen-bond donors (Lipinski definition) is 1. The van der Waals surface area contributed by atoms with Gasteiger partial charge in [0.1, 0.15) is 5.75 Å². The standard InChI is InChI=1S/C16H14N4O/c1-21-13-6-4-11(5-7-13)14-9-15(20-16(17)19-14)12-3-2-8-18-10-12/h2-10H,1H3,(H2,17,19,20). The van der Waals surface area contributed by atoms with Crippen molar-refractivity contribution >= 4 is 5.95 Å². The zero-order chi connectivity index (χ0) is 14.7. The molecule has 0 aliphatic rings. The normalized spacial score (nSPS) is 10.3. The zero-order valence-corrected chi connectivity index (χ0v) is 11.5. The molecule has 21 heavy (non-hydrogen) atoms. The fourth-order valence-electron chi connectivity index (χ4n) is 2.04. The molecule has 0 saturated heterocycles. The van der Waals surface area contributed by atoms with Gasteiger partial charge in [0, 0.05) is 23.5 Å². The van der Waals surface area contributed by atoms with Crippen molar-refractivity contribution in [3.05, 3.63) is 54.9 Å². The summed E-state index contributed by atoms with van der Waals surface area (Å²) >= 11 is 0. The molecule has 0 bridgehead atoms. The number of aromatic nitrogens is 3. The lowest BCUT2D eigenvalue weighted by Gasteiger charge is -2.07. The highest BCUT2D eigenvalue weighted by Gasteiger charge is 2.07. The molecule has 1 aromatic carbocycles. The number of rotatable bonds is 3. The molecule has 0 aliphatic carbocycles. The van der Waals surface area contributed by atoms with Gasteiger partial charge in [0.2, 0.25) is 5.95 Å². The van der Waals surface area contributed by atoms with E-state index < -0.39 is 0 Å². The number of benzene rings is 1. The van der Waals surface area contributed by atoms with E-state index in [4.69, 9.17) is 10.5 Å². The van der Waals surface area contributed by atoms with Crippen LogP contribution in [0.15, 0.2) is 54.9 Å². The lowest BCUT2D eigenvalue weighted by atomic mass is 10.1. The molecule has 0 saturated carbocycles. The fourth-order valence-corrected chi connectivity index (χ4v) is 2.04. The van der Waals surface area contributed by atoms with E-state index in [1.807, 2.05) is 42.5 Å². The molecule has 2 heterocycles. The van der Waals surface area contributed by atoms with Crippen molar-refractivity contribution in [2.45, 2.75) is 0 Å². The summed E-state index contributed by atoms with van der Waals surface area (Å²) in [5.41, 5.74) is 9.20. The molecule has 0 spiro atoms. The van der Waals surface area contributed by atoms with E-state index in [0.29, 0.717) is 0 Å². The maximum Gasteiger partial charge on any atom is 0.221 e. The molecule has 0 fully saturated rings. The number of ether oxygens (including phenoxy) is 1. The monoisotopic (exact) mass is 278 g/mol. The van der Waals surface area contributed by atoms with Gasteiger partial charge >= 0.3 is 0 Å². The van der Waals surface area contributed by atoms with Gasteiger partial charge in [-0.2, -0.15) is 0 Å². The maximum absolute atomic E-state index is 5.82. The largest absolute Gasteiger partial charge is 0.497 e. The van der Waals surface area contributed by atoms with E-state index in [2.05, 4.69) is 15.0 Å². The number of nitrogens with two attached hydrogens (primary N) is 1. The highest BCUT2D eigenvalue weighted by atomic mass is 16.5. The smallest absolute Gasteiger partial charge is 0.221 e. The molecule has 3 rings (SSSR count). The Morgan fingerprint density at radius 3 is 2.29 bits per heavy atom. The molecular weight excluding hydrogens is 264 g/mol. The number of methoxy groups -OCH3 is 1. The van der Waals surface area contributed by atoms with Gasteiger partial charge in [0.15, 0.2) is 0 Å². The number of nitrogen functional groups attached to an aromatic ring is 1. The van der Waals surface area contributed by atoms with E-state index in [1.165, 1.54) is 0 Å². The van der Waals surface area contributed by atoms with Crippen molar-refractivity contribution in [1.29, 1.82) is 0 Å². The second-order valence-electron chi connectivity index (χ2n) is 4.47. The number of nitrogens with zero attached hydrogens (tertiary/aromatic N) is 3. The molecule has 2 aromatic heterocycles. The van der Waals surface area contributed by atoms with Crippen molar-refractivity contribution < 1.29 is 4.74 Å². The minimum Gasteiger partial charge on any atom is -0.497 e. The SMILES string of the molecule is COc1ccc(-c2cc(-c3cccnc3)nc(N)n2)cc1. The number of anilines is 1. The first-order valence-electron chi connectivity index (χ1n) is 6.45. The van der Waals surface area contributed by atoms with Gasteiger partial charge in [0.25, 0.3) is 0 Å². The van der Waals surface area contributed by atoms with Gasteiger partial charge in [-0.1, -0.05) is 0 Å². The lowest BCUT2D eigenvalue weighted by Crippen LogP contribution is -1.98. The van der Waals surface area contributed by atoms with Gasteiger partial charge in [-0.15, -0.1) is 0 Å². The summed E-state index contributed by atoms with van der Waals surface area (Å²) in [5.74, 6) is 1.04. The van der Waals surface area contributed by atoms with E-state index in [0.717, 1.165) is 28.3 Å². The first kappa shape index (κ1) is 13.1. The van der Waals surface area contributed by atoms with Crippen LogP contribution in [0.25, 0.3) is 22.5 Å².